The number of carbonyl (C=O) groups excluding carboxylic acids is 1. The van der Waals surface area contributed by atoms with Crippen molar-refractivity contribution in [3.8, 4) is 0 Å². The molecule has 2 aromatic rings. The Morgan fingerprint density at radius 2 is 1.75 bits per heavy atom. The molecule has 0 aliphatic heterocycles. The molecule has 2 aromatic carbocycles. The lowest BCUT2D eigenvalue weighted by atomic mass is 10.0. The van der Waals surface area contributed by atoms with Gasteiger partial charge in [-0.15, -0.1) is 0 Å². The first-order valence-electron chi connectivity index (χ1n) is 6.34. The lowest BCUT2D eigenvalue weighted by Crippen LogP contribution is -2.04. The van der Waals surface area contributed by atoms with Crippen LogP contribution in [0, 0.1) is 5.82 Å². The van der Waals surface area contributed by atoms with Crippen molar-refractivity contribution in [3.05, 3.63) is 77.6 Å². The van der Waals surface area contributed by atoms with E-state index in [4.69, 9.17) is 0 Å². The lowest BCUT2D eigenvalue weighted by Gasteiger charge is -2.08. The highest BCUT2D eigenvalue weighted by Crippen LogP contribution is 2.17. The average molecular weight is 270 g/mol. The molecule has 2 nitrogen and oxygen atoms in total. The number of allylic oxidation sites excluding steroid dienone is 1. The van der Waals surface area contributed by atoms with Crippen LogP contribution in [-0.4, -0.2) is 10.9 Å². The van der Waals surface area contributed by atoms with E-state index in [0.29, 0.717) is 5.56 Å². The highest BCUT2D eigenvalue weighted by atomic mass is 19.1. The van der Waals surface area contributed by atoms with E-state index in [0.717, 1.165) is 5.56 Å². The molecule has 3 heteroatoms. The lowest BCUT2D eigenvalue weighted by molar-refractivity contribution is -0.116. The Hall–Kier alpha value is -2.26. The van der Waals surface area contributed by atoms with Crippen LogP contribution in [0.4, 0.5) is 4.39 Å². The third kappa shape index (κ3) is 4.14. The predicted molar refractivity (Wildman–Crippen MR) is 76.5 cm³/mol. The summed E-state index contributed by atoms with van der Waals surface area (Å²) in [6, 6.07) is 14.9. The summed E-state index contributed by atoms with van der Waals surface area (Å²) in [6.07, 6.45) is 2.22. The summed E-state index contributed by atoms with van der Waals surface area (Å²) in [5, 5.41) is 9.90. The number of aliphatic hydroxyl groups is 1. The summed E-state index contributed by atoms with van der Waals surface area (Å²) >= 11 is 0. The molecule has 0 amide bonds. The van der Waals surface area contributed by atoms with Gasteiger partial charge in [-0.05, 0) is 29.3 Å². The molecule has 0 saturated carbocycles. The Bertz CT molecular complexity index is 588. The van der Waals surface area contributed by atoms with Crippen molar-refractivity contribution in [1.82, 2.24) is 0 Å². The molecule has 0 heterocycles. The van der Waals surface area contributed by atoms with Gasteiger partial charge < -0.3 is 5.11 Å². The summed E-state index contributed by atoms with van der Waals surface area (Å²) < 4.78 is 12.8. The fourth-order valence-electron chi connectivity index (χ4n) is 1.81. The molecule has 102 valence electrons. The molecule has 1 atom stereocenters. The highest BCUT2D eigenvalue weighted by Gasteiger charge is 2.11. The van der Waals surface area contributed by atoms with E-state index in [-0.39, 0.29) is 18.0 Å². The molecule has 0 saturated heterocycles. The van der Waals surface area contributed by atoms with Crippen LogP contribution in [0.15, 0.2) is 60.7 Å². The van der Waals surface area contributed by atoms with Crippen molar-refractivity contribution in [2.75, 3.05) is 0 Å². The van der Waals surface area contributed by atoms with Crippen molar-refractivity contribution >= 4 is 11.9 Å². The largest absolute Gasteiger partial charge is 0.388 e. The standard InChI is InChI=1S/C17H15FO2/c18-15-9-7-14(8-10-15)17(20)12-16(19)11-6-13-4-2-1-3-5-13/h1-11,17,20H,12H2/b11-6+/t17-/m1/s1. The van der Waals surface area contributed by atoms with E-state index < -0.39 is 6.10 Å². The molecule has 20 heavy (non-hydrogen) atoms. The second-order valence-electron chi connectivity index (χ2n) is 4.48. The third-order valence-electron chi connectivity index (χ3n) is 2.91. The Kier molecular flexibility index (Phi) is 4.80. The minimum absolute atomic E-state index is 0.0189. The first-order valence-corrected chi connectivity index (χ1v) is 6.34. The van der Waals surface area contributed by atoms with Crippen LogP contribution in [0.3, 0.4) is 0 Å². The predicted octanol–water partition coefficient (Wildman–Crippen LogP) is 3.53. The van der Waals surface area contributed by atoms with Crippen LogP contribution in [-0.2, 0) is 4.79 Å². The fraction of sp³-hybridized carbons (Fsp3) is 0.118. The van der Waals surface area contributed by atoms with Gasteiger partial charge in [0.1, 0.15) is 5.82 Å². The van der Waals surface area contributed by atoms with Gasteiger partial charge in [-0.25, -0.2) is 4.39 Å². The Balaban J connectivity index is 1.94. The van der Waals surface area contributed by atoms with E-state index >= 15 is 0 Å². The zero-order chi connectivity index (χ0) is 14.4. The second-order valence-corrected chi connectivity index (χ2v) is 4.48. The Labute approximate surface area is 117 Å². The van der Waals surface area contributed by atoms with Gasteiger partial charge in [0.15, 0.2) is 5.78 Å². The first kappa shape index (κ1) is 14.2. The Morgan fingerprint density at radius 1 is 1.10 bits per heavy atom. The van der Waals surface area contributed by atoms with Crippen molar-refractivity contribution in [3.63, 3.8) is 0 Å². The van der Waals surface area contributed by atoms with Gasteiger partial charge in [-0.2, -0.15) is 0 Å². The first-order chi connectivity index (χ1) is 9.65. The third-order valence-corrected chi connectivity index (χ3v) is 2.91. The van der Waals surface area contributed by atoms with Gasteiger partial charge in [-0.1, -0.05) is 48.5 Å². The van der Waals surface area contributed by atoms with Crippen molar-refractivity contribution in [2.24, 2.45) is 0 Å². The zero-order valence-corrected chi connectivity index (χ0v) is 10.9. The maximum Gasteiger partial charge on any atom is 0.158 e. The molecule has 0 fully saturated rings. The average Bonchev–Trinajstić information content (AvgIpc) is 2.47. The summed E-state index contributed by atoms with van der Waals surface area (Å²) in [5.41, 5.74) is 1.46. The van der Waals surface area contributed by atoms with E-state index in [9.17, 15) is 14.3 Å². The maximum absolute atomic E-state index is 12.8. The van der Waals surface area contributed by atoms with Gasteiger partial charge in [0.25, 0.3) is 0 Å². The Morgan fingerprint density at radius 3 is 2.40 bits per heavy atom. The quantitative estimate of drug-likeness (QED) is 0.844. The van der Waals surface area contributed by atoms with Crippen molar-refractivity contribution < 1.29 is 14.3 Å². The van der Waals surface area contributed by atoms with Crippen LogP contribution in [0.25, 0.3) is 6.08 Å². The summed E-state index contributed by atoms with van der Waals surface area (Å²) in [4.78, 5) is 11.7. The molecule has 0 aliphatic carbocycles. The molecular formula is C17H15FO2. The topological polar surface area (TPSA) is 37.3 Å². The van der Waals surface area contributed by atoms with Gasteiger partial charge in [-0.3, -0.25) is 4.79 Å². The number of ketones is 1. The number of benzene rings is 2. The molecule has 0 unspecified atom stereocenters. The summed E-state index contributed by atoms with van der Waals surface area (Å²) in [5.74, 6) is -0.540. The van der Waals surface area contributed by atoms with E-state index in [1.54, 1.807) is 6.08 Å². The summed E-state index contributed by atoms with van der Waals surface area (Å²) in [7, 11) is 0. The van der Waals surface area contributed by atoms with Gasteiger partial charge in [0.2, 0.25) is 0 Å². The SMILES string of the molecule is O=C(/C=C/c1ccccc1)C[C@@H](O)c1ccc(F)cc1. The second kappa shape index (κ2) is 6.78. The molecule has 0 aromatic heterocycles. The molecule has 0 radical (unpaired) electrons. The molecule has 2 rings (SSSR count). The number of aliphatic hydroxyl groups excluding tert-OH is 1. The number of hydrogen-bond acceptors (Lipinski definition) is 2. The molecule has 0 bridgehead atoms. The number of hydrogen-bond donors (Lipinski definition) is 1. The van der Waals surface area contributed by atoms with Gasteiger partial charge in [0.05, 0.1) is 6.10 Å². The van der Waals surface area contributed by atoms with Crippen molar-refractivity contribution in [1.29, 1.82) is 0 Å². The molecule has 1 N–H and O–H groups in total. The normalized spacial score (nSPS) is 12.5. The summed E-state index contributed by atoms with van der Waals surface area (Å²) in [6.45, 7) is 0. The van der Waals surface area contributed by atoms with Crippen LogP contribution in [0.1, 0.15) is 23.7 Å². The minimum atomic E-state index is -0.913. The van der Waals surface area contributed by atoms with E-state index in [1.807, 2.05) is 30.3 Å². The van der Waals surface area contributed by atoms with Crippen molar-refractivity contribution in [2.45, 2.75) is 12.5 Å². The van der Waals surface area contributed by atoms with Crippen LogP contribution in [0.5, 0.6) is 0 Å². The molecule has 0 aliphatic rings. The zero-order valence-electron chi connectivity index (χ0n) is 10.9. The number of rotatable bonds is 5. The monoisotopic (exact) mass is 270 g/mol. The van der Waals surface area contributed by atoms with Crippen LogP contribution in [0.2, 0.25) is 0 Å². The van der Waals surface area contributed by atoms with Gasteiger partial charge in [0, 0.05) is 6.42 Å². The number of carbonyl (C=O) groups is 1. The molecule has 0 spiro atoms. The van der Waals surface area contributed by atoms with Gasteiger partial charge >= 0.3 is 0 Å². The van der Waals surface area contributed by atoms with Crippen LogP contribution >= 0.6 is 0 Å². The minimum Gasteiger partial charge on any atom is -0.388 e. The van der Waals surface area contributed by atoms with Crippen LogP contribution < -0.4 is 0 Å². The number of halogens is 1. The van der Waals surface area contributed by atoms with E-state index in [2.05, 4.69) is 0 Å². The fourth-order valence-corrected chi connectivity index (χ4v) is 1.81. The smallest absolute Gasteiger partial charge is 0.158 e. The maximum atomic E-state index is 12.8. The highest BCUT2D eigenvalue weighted by molar-refractivity contribution is 5.93. The van der Waals surface area contributed by atoms with E-state index in [1.165, 1.54) is 30.3 Å². The molecular weight excluding hydrogens is 255 g/mol.